The monoisotopic (exact) mass is 496 g/mol. The van der Waals surface area contributed by atoms with E-state index < -0.39 is 11.7 Å². The number of halogens is 2. The van der Waals surface area contributed by atoms with Crippen molar-refractivity contribution in [2.24, 2.45) is 0 Å². The number of methoxy groups -OCH3 is 1. The Morgan fingerprint density at radius 1 is 0.941 bits per heavy atom. The molecule has 0 aliphatic heterocycles. The van der Waals surface area contributed by atoms with Crippen molar-refractivity contribution in [3.05, 3.63) is 88.0 Å². The Morgan fingerprint density at radius 3 is 2.26 bits per heavy atom. The molecule has 0 bridgehead atoms. The fourth-order valence-corrected chi connectivity index (χ4v) is 4.14. The van der Waals surface area contributed by atoms with Gasteiger partial charge in [0.05, 0.1) is 24.8 Å². The van der Waals surface area contributed by atoms with Gasteiger partial charge in [0, 0.05) is 22.6 Å². The molecule has 174 valence electrons. The third-order valence-electron chi connectivity index (χ3n) is 5.32. The molecule has 0 radical (unpaired) electrons. The Kier molecular flexibility index (Phi) is 7.10. The summed E-state index contributed by atoms with van der Waals surface area (Å²) in [5.74, 6) is -0.310. The lowest BCUT2D eigenvalue weighted by atomic mass is 10.1. The van der Waals surface area contributed by atoms with Crippen LogP contribution >= 0.6 is 23.2 Å². The summed E-state index contributed by atoms with van der Waals surface area (Å²) in [7, 11) is 1.55. The maximum atomic E-state index is 13.3. The van der Waals surface area contributed by atoms with Crippen molar-refractivity contribution in [3.8, 4) is 11.5 Å². The molecule has 0 atom stereocenters. The molecule has 1 amide bonds. The maximum Gasteiger partial charge on any atom is 0.296 e. The number of ether oxygens (including phenoxy) is 2. The summed E-state index contributed by atoms with van der Waals surface area (Å²) in [5.41, 5.74) is 2.25. The zero-order valence-electron chi connectivity index (χ0n) is 18.6. The quantitative estimate of drug-likeness (QED) is 0.232. The molecule has 0 spiro atoms. The first kappa shape index (κ1) is 23.7. The predicted molar refractivity (Wildman–Crippen MR) is 135 cm³/mol. The van der Waals surface area contributed by atoms with Gasteiger partial charge in [-0.2, -0.15) is 0 Å². The molecule has 1 N–H and O–H groups in total. The predicted octanol–water partition coefficient (Wildman–Crippen LogP) is 6.23. The minimum atomic E-state index is -0.792. The summed E-state index contributed by atoms with van der Waals surface area (Å²) in [6.45, 7) is 2.73. The first-order valence-electron chi connectivity index (χ1n) is 10.6. The highest BCUT2D eigenvalue weighted by Crippen LogP contribution is 2.34. The minimum absolute atomic E-state index is 0.123. The highest BCUT2D eigenvalue weighted by atomic mass is 35.5. The second-order valence-electron chi connectivity index (χ2n) is 7.50. The van der Waals surface area contributed by atoms with Gasteiger partial charge in [-0.25, -0.2) is 0 Å². The molecule has 0 aliphatic rings. The largest absolute Gasteiger partial charge is 0.497 e. The normalized spacial score (nSPS) is 10.8. The van der Waals surface area contributed by atoms with Crippen LogP contribution in [0.5, 0.6) is 11.5 Å². The van der Waals surface area contributed by atoms with Crippen molar-refractivity contribution in [1.29, 1.82) is 0 Å². The number of rotatable bonds is 8. The number of hydrogen-bond acceptors (Lipinski definition) is 4. The van der Waals surface area contributed by atoms with Crippen LogP contribution in [0.25, 0.3) is 10.9 Å². The van der Waals surface area contributed by atoms with E-state index >= 15 is 0 Å². The summed E-state index contributed by atoms with van der Waals surface area (Å²) < 4.78 is 12.5. The van der Waals surface area contributed by atoms with Crippen molar-refractivity contribution in [3.63, 3.8) is 0 Å². The Hall–Kier alpha value is -3.48. The van der Waals surface area contributed by atoms with Crippen molar-refractivity contribution in [2.75, 3.05) is 19.0 Å². The van der Waals surface area contributed by atoms with Crippen LogP contribution in [0.1, 0.15) is 22.8 Å². The molecule has 4 aromatic rings. The number of nitrogens with one attached hydrogen (secondary N) is 1. The van der Waals surface area contributed by atoms with Crippen molar-refractivity contribution in [2.45, 2.75) is 13.5 Å². The third-order valence-corrected chi connectivity index (χ3v) is 5.96. The Balaban J connectivity index is 1.73. The summed E-state index contributed by atoms with van der Waals surface area (Å²) in [4.78, 5) is 26.2. The smallest absolute Gasteiger partial charge is 0.296 e. The molecule has 3 aromatic carbocycles. The van der Waals surface area contributed by atoms with Gasteiger partial charge >= 0.3 is 0 Å². The molecule has 1 aromatic heterocycles. The molecule has 0 saturated heterocycles. The van der Waals surface area contributed by atoms with Crippen LogP contribution in [-0.2, 0) is 11.3 Å². The number of hydrogen-bond donors (Lipinski definition) is 1. The average molecular weight is 497 g/mol. The Bertz CT molecular complexity index is 1350. The van der Waals surface area contributed by atoms with Crippen LogP contribution in [0.4, 0.5) is 5.69 Å². The van der Waals surface area contributed by atoms with E-state index in [9.17, 15) is 9.59 Å². The van der Waals surface area contributed by atoms with Crippen LogP contribution in [0.2, 0.25) is 10.2 Å². The Morgan fingerprint density at radius 2 is 1.62 bits per heavy atom. The van der Waals surface area contributed by atoms with Gasteiger partial charge in [-0.05, 0) is 67.1 Å². The van der Waals surface area contributed by atoms with Crippen LogP contribution in [0.15, 0.2) is 66.7 Å². The lowest BCUT2D eigenvalue weighted by Crippen LogP contribution is -2.23. The maximum absolute atomic E-state index is 13.3. The van der Waals surface area contributed by atoms with Gasteiger partial charge in [0.15, 0.2) is 0 Å². The number of benzene rings is 3. The molecule has 0 aliphatic carbocycles. The van der Waals surface area contributed by atoms with Crippen LogP contribution in [0, 0.1) is 0 Å². The van der Waals surface area contributed by atoms with Gasteiger partial charge in [-0.3, -0.25) is 9.59 Å². The number of ketones is 1. The molecule has 0 unspecified atom stereocenters. The summed E-state index contributed by atoms with van der Waals surface area (Å²) >= 11 is 12.7. The first-order chi connectivity index (χ1) is 16.4. The van der Waals surface area contributed by atoms with Crippen molar-refractivity contribution >= 4 is 51.5 Å². The molecule has 6 nitrogen and oxygen atoms in total. The van der Waals surface area contributed by atoms with Crippen LogP contribution in [0.3, 0.4) is 0 Å². The number of fused-ring (bicyclic) bond motifs is 1. The molecule has 4 rings (SSSR count). The molecule has 0 saturated carbocycles. The van der Waals surface area contributed by atoms with E-state index in [4.69, 9.17) is 32.7 Å². The van der Waals surface area contributed by atoms with E-state index in [0.29, 0.717) is 46.3 Å². The average Bonchev–Trinajstić information content (AvgIpc) is 3.11. The van der Waals surface area contributed by atoms with Gasteiger partial charge in [-0.1, -0.05) is 35.3 Å². The lowest BCUT2D eigenvalue weighted by molar-refractivity contribution is -0.112. The SMILES string of the molecule is CCOc1ccc2c(c1)c(C(=O)C(=O)Nc1ccc(OC)cc1)c(Cl)n2Cc1ccc(Cl)cc1. The van der Waals surface area contributed by atoms with E-state index in [1.807, 2.05) is 31.2 Å². The summed E-state index contributed by atoms with van der Waals surface area (Å²) in [5, 5.41) is 3.97. The first-order valence-corrected chi connectivity index (χ1v) is 11.4. The van der Waals surface area contributed by atoms with Gasteiger partial charge in [0.2, 0.25) is 0 Å². The van der Waals surface area contributed by atoms with Gasteiger partial charge < -0.3 is 19.4 Å². The zero-order chi connectivity index (χ0) is 24.2. The number of amides is 1. The number of carbonyl (C=O) groups excluding carboxylic acids is 2. The number of aromatic nitrogens is 1. The van der Waals surface area contributed by atoms with E-state index in [1.54, 1.807) is 54.1 Å². The topological polar surface area (TPSA) is 69.6 Å². The van der Waals surface area contributed by atoms with E-state index in [2.05, 4.69) is 5.32 Å². The van der Waals surface area contributed by atoms with E-state index in [-0.39, 0.29) is 10.7 Å². The standard InChI is InChI=1S/C26H22Cl2N2O4/c1-3-34-20-12-13-22-21(14-20)23(25(28)30(22)15-16-4-6-17(27)7-5-16)24(31)26(32)29-18-8-10-19(33-2)11-9-18/h4-14H,3,15H2,1-2H3,(H,29,32). The van der Waals surface area contributed by atoms with Gasteiger partial charge in [0.25, 0.3) is 11.7 Å². The highest BCUT2D eigenvalue weighted by molar-refractivity contribution is 6.51. The fraction of sp³-hybridized carbons (Fsp3) is 0.154. The van der Waals surface area contributed by atoms with Crippen molar-refractivity contribution < 1.29 is 19.1 Å². The van der Waals surface area contributed by atoms with Crippen LogP contribution < -0.4 is 14.8 Å². The Labute approximate surface area is 207 Å². The second kappa shape index (κ2) is 10.2. The van der Waals surface area contributed by atoms with Gasteiger partial charge in [-0.15, -0.1) is 0 Å². The molecular formula is C26H22Cl2N2O4. The number of carbonyl (C=O) groups is 2. The molecule has 8 heteroatoms. The molecular weight excluding hydrogens is 475 g/mol. The number of Topliss-reactive ketones (excluding diaryl/α,β-unsaturated/α-hetero) is 1. The zero-order valence-corrected chi connectivity index (χ0v) is 20.1. The summed E-state index contributed by atoms with van der Waals surface area (Å²) in [6, 6.07) is 19.4. The van der Waals surface area contributed by atoms with E-state index in [1.165, 1.54) is 0 Å². The highest BCUT2D eigenvalue weighted by Gasteiger charge is 2.27. The third kappa shape index (κ3) is 4.88. The van der Waals surface area contributed by atoms with E-state index in [0.717, 1.165) is 5.56 Å². The lowest BCUT2D eigenvalue weighted by Gasteiger charge is -2.08. The molecule has 34 heavy (non-hydrogen) atoms. The second-order valence-corrected chi connectivity index (χ2v) is 8.30. The molecule has 1 heterocycles. The van der Waals surface area contributed by atoms with Crippen molar-refractivity contribution in [1.82, 2.24) is 4.57 Å². The minimum Gasteiger partial charge on any atom is -0.497 e. The number of anilines is 1. The number of nitrogens with zero attached hydrogens (tertiary/aromatic N) is 1. The van der Waals surface area contributed by atoms with Gasteiger partial charge in [0.1, 0.15) is 16.7 Å². The summed E-state index contributed by atoms with van der Waals surface area (Å²) in [6.07, 6.45) is 0. The van der Waals surface area contributed by atoms with Crippen LogP contribution in [-0.4, -0.2) is 30.0 Å². The molecule has 0 fully saturated rings. The fourth-order valence-electron chi connectivity index (χ4n) is 3.68.